The summed E-state index contributed by atoms with van der Waals surface area (Å²) < 4.78 is 6.03. The van der Waals surface area contributed by atoms with Gasteiger partial charge in [-0.25, -0.2) is 0 Å². The Bertz CT molecular complexity index is 540. The van der Waals surface area contributed by atoms with Gasteiger partial charge in [0.25, 0.3) is 0 Å². The Morgan fingerprint density at radius 3 is 2.54 bits per heavy atom. The molecule has 2 saturated heterocycles. The number of likely N-dealkylation sites (tertiary alicyclic amines) is 1. The van der Waals surface area contributed by atoms with Crippen molar-refractivity contribution in [2.45, 2.75) is 63.1 Å². The molecular formula is C20H28N2O2. The third-order valence-electron chi connectivity index (χ3n) is 5.96. The van der Waals surface area contributed by atoms with Gasteiger partial charge in [0.05, 0.1) is 6.04 Å². The van der Waals surface area contributed by atoms with Crippen molar-refractivity contribution in [1.82, 2.24) is 10.2 Å². The highest BCUT2D eigenvalue weighted by Crippen LogP contribution is 2.34. The lowest BCUT2D eigenvalue weighted by atomic mass is 9.85. The second-order valence-corrected chi connectivity index (χ2v) is 7.56. The fourth-order valence-electron chi connectivity index (χ4n) is 4.62. The predicted octanol–water partition coefficient (Wildman–Crippen LogP) is 2.98. The largest absolute Gasteiger partial charge is 0.490 e. The van der Waals surface area contributed by atoms with Crippen molar-refractivity contribution in [2.24, 2.45) is 5.92 Å². The van der Waals surface area contributed by atoms with E-state index in [1.54, 1.807) is 0 Å². The number of rotatable bonds is 3. The van der Waals surface area contributed by atoms with Crippen LogP contribution in [0.15, 0.2) is 30.3 Å². The second-order valence-electron chi connectivity index (χ2n) is 7.56. The molecule has 3 fully saturated rings. The number of amides is 1. The minimum absolute atomic E-state index is 0.0599. The molecule has 24 heavy (non-hydrogen) atoms. The third kappa shape index (κ3) is 3.44. The first-order chi connectivity index (χ1) is 11.8. The Balaban J connectivity index is 1.27. The van der Waals surface area contributed by atoms with Crippen molar-refractivity contribution in [2.75, 3.05) is 13.1 Å². The van der Waals surface area contributed by atoms with Gasteiger partial charge in [0.1, 0.15) is 11.9 Å². The Labute approximate surface area is 144 Å². The average Bonchev–Trinajstić information content (AvgIpc) is 3.07. The number of fused-ring (bicyclic) bond motifs is 1. The van der Waals surface area contributed by atoms with E-state index in [0.29, 0.717) is 11.9 Å². The number of piperidine rings is 1. The highest BCUT2D eigenvalue weighted by molar-refractivity contribution is 5.82. The van der Waals surface area contributed by atoms with Crippen LogP contribution in [0.3, 0.4) is 0 Å². The van der Waals surface area contributed by atoms with Crippen molar-refractivity contribution in [3.63, 3.8) is 0 Å². The Morgan fingerprint density at radius 2 is 1.79 bits per heavy atom. The lowest BCUT2D eigenvalue weighted by molar-refractivity contribution is -0.135. The Hall–Kier alpha value is -1.55. The molecule has 4 heteroatoms. The smallest absolute Gasteiger partial charge is 0.239 e. The zero-order valence-corrected chi connectivity index (χ0v) is 14.3. The van der Waals surface area contributed by atoms with Crippen LogP contribution in [-0.4, -0.2) is 42.1 Å². The summed E-state index contributed by atoms with van der Waals surface area (Å²) in [4.78, 5) is 14.9. The summed E-state index contributed by atoms with van der Waals surface area (Å²) in [6.45, 7) is 1.65. The summed E-state index contributed by atoms with van der Waals surface area (Å²) in [5, 5.41) is 3.62. The van der Waals surface area contributed by atoms with Gasteiger partial charge in [-0.15, -0.1) is 0 Å². The predicted molar refractivity (Wildman–Crippen MR) is 94.0 cm³/mol. The molecule has 4 nitrogen and oxygen atoms in total. The molecule has 3 atom stereocenters. The van der Waals surface area contributed by atoms with Gasteiger partial charge in [-0.3, -0.25) is 4.79 Å². The monoisotopic (exact) mass is 328 g/mol. The van der Waals surface area contributed by atoms with Crippen LogP contribution >= 0.6 is 0 Å². The molecule has 4 rings (SSSR count). The maximum Gasteiger partial charge on any atom is 0.239 e. The first kappa shape index (κ1) is 15.9. The van der Waals surface area contributed by atoms with E-state index < -0.39 is 0 Å². The maximum absolute atomic E-state index is 12.8. The number of nitrogens with zero attached hydrogens (tertiary/aromatic N) is 1. The van der Waals surface area contributed by atoms with E-state index in [1.165, 1.54) is 25.7 Å². The van der Waals surface area contributed by atoms with Crippen LogP contribution in [-0.2, 0) is 4.79 Å². The van der Waals surface area contributed by atoms with E-state index in [9.17, 15) is 4.79 Å². The summed E-state index contributed by atoms with van der Waals surface area (Å²) in [5.74, 6) is 1.98. The average molecular weight is 328 g/mol. The molecule has 0 bridgehead atoms. The number of nitrogens with one attached hydrogen (secondary N) is 1. The Morgan fingerprint density at radius 1 is 1.04 bits per heavy atom. The molecule has 0 spiro atoms. The number of ether oxygens (including phenoxy) is 1. The zero-order chi connectivity index (χ0) is 16.4. The summed E-state index contributed by atoms with van der Waals surface area (Å²) in [5.41, 5.74) is 0. The fourth-order valence-corrected chi connectivity index (χ4v) is 4.62. The molecule has 2 heterocycles. The summed E-state index contributed by atoms with van der Waals surface area (Å²) in [6.07, 6.45) is 8.35. The third-order valence-corrected chi connectivity index (χ3v) is 5.96. The number of carbonyl (C=O) groups excluding carboxylic acids is 1. The lowest BCUT2D eigenvalue weighted by Gasteiger charge is -2.33. The van der Waals surface area contributed by atoms with Crippen molar-refractivity contribution in [3.05, 3.63) is 30.3 Å². The molecule has 3 unspecified atom stereocenters. The Kier molecular flexibility index (Phi) is 4.74. The number of hydrogen-bond donors (Lipinski definition) is 1. The first-order valence-corrected chi connectivity index (χ1v) is 9.56. The molecule has 0 aromatic heterocycles. The van der Waals surface area contributed by atoms with Gasteiger partial charge in [-0.2, -0.15) is 0 Å². The standard InChI is InChI=1S/C20H28N2O2/c23-20(19-14-15-6-4-5-9-18(15)21-19)22-12-10-17(11-13-22)24-16-7-2-1-3-8-16/h1-3,7-8,15,17-19,21H,4-6,9-14H2. The molecule has 1 aliphatic carbocycles. The van der Waals surface area contributed by atoms with E-state index in [2.05, 4.69) is 10.2 Å². The van der Waals surface area contributed by atoms with E-state index >= 15 is 0 Å². The van der Waals surface area contributed by atoms with Gasteiger partial charge in [0.15, 0.2) is 0 Å². The number of para-hydroxylation sites is 1. The van der Waals surface area contributed by atoms with E-state index in [4.69, 9.17) is 4.74 Å². The first-order valence-electron chi connectivity index (χ1n) is 9.56. The number of hydrogen-bond acceptors (Lipinski definition) is 3. The SMILES string of the molecule is O=C(C1CC2CCCCC2N1)N1CCC(Oc2ccccc2)CC1. The summed E-state index contributed by atoms with van der Waals surface area (Å²) in [6, 6.07) is 10.7. The van der Waals surface area contributed by atoms with E-state index in [-0.39, 0.29) is 12.1 Å². The molecule has 1 aromatic rings. The van der Waals surface area contributed by atoms with Crippen LogP contribution < -0.4 is 10.1 Å². The summed E-state index contributed by atoms with van der Waals surface area (Å²) in [7, 11) is 0. The molecule has 1 aromatic carbocycles. The van der Waals surface area contributed by atoms with Crippen LogP contribution in [0.2, 0.25) is 0 Å². The molecule has 1 amide bonds. The van der Waals surface area contributed by atoms with Gasteiger partial charge in [0, 0.05) is 32.0 Å². The lowest BCUT2D eigenvalue weighted by Crippen LogP contribution is -2.49. The van der Waals surface area contributed by atoms with Gasteiger partial charge >= 0.3 is 0 Å². The van der Waals surface area contributed by atoms with Crippen molar-refractivity contribution < 1.29 is 9.53 Å². The highest BCUT2D eigenvalue weighted by atomic mass is 16.5. The number of carbonyl (C=O) groups is 1. The quantitative estimate of drug-likeness (QED) is 0.927. The minimum Gasteiger partial charge on any atom is -0.490 e. The van der Waals surface area contributed by atoms with Gasteiger partial charge in [-0.05, 0) is 37.3 Å². The molecule has 3 aliphatic rings. The maximum atomic E-state index is 12.8. The van der Waals surface area contributed by atoms with Crippen LogP contribution in [0.1, 0.15) is 44.9 Å². The normalized spacial score (nSPS) is 30.8. The molecule has 2 aliphatic heterocycles. The van der Waals surface area contributed by atoms with Crippen LogP contribution in [0, 0.1) is 5.92 Å². The molecule has 1 N–H and O–H groups in total. The van der Waals surface area contributed by atoms with Gasteiger partial charge in [-0.1, -0.05) is 31.0 Å². The van der Waals surface area contributed by atoms with Crippen LogP contribution in [0.5, 0.6) is 5.75 Å². The van der Waals surface area contributed by atoms with Gasteiger partial charge in [0.2, 0.25) is 5.91 Å². The summed E-state index contributed by atoms with van der Waals surface area (Å²) >= 11 is 0. The van der Waals surface area contributed by atoms with Crippen LogP contribution in [0.4, 0.5) is 0 Å². The second kappa shape index (κ2) is 7.14. The molecule has 0 radical (unpaired) electrons. The van der Waals surface area contributed by atoms with Crippen molar-refractivity contribution in [1.29, 1.82) is 0 Å². The topological polar surface area (TPSA) is 41.6 Å². The fraction of sp³-hybridized carbons (Fsp3) is 0.650. The molecule has 1 saturated carbocycles. The van der Waals surface area contributed by atoms with Crippen LogP contribution in [0.25, 0.3) is 0 Å². The zero-order valence-electron chi connectivity index (χ0n) is 14.3. The minimum atomic E-state index is 0.0599. The molecule has 130 valence electrons. The van der Waals surface area contributed by atoms with E-state index in [0.717, 1.165) is 44.0 Å². The van der Waals surface area contributed by atoms with Crippen molar-refractivity contribution >= 4 is 5.91 Å². The van der Waals surface area contributed by atoms with Crippen molar-refractivity contribution in [3.8, 4) is 5.75 Å². The number of benzene rings is 1. The molecular weight excluding hydrogens is 300 g/mol. The van der Waals surface area contributed by atoms with Gasteiger partial charge < -0.3 is 15.0 Å². The highest BCUT2D eigenvalue weighted by Gasteiger charge is 2.40. The van der Waals surface area contributed by atoms with E-state index in [1.807, 2.05) is 30.3 Å².